The maximum absolute atomic E-state index is 11.8. The van der Waals surface area contributed by atoms with Gasteiger partial charge in [0.05, 0.1) is 0 Å². The van der Waals surface area contributed by atoms with Gasteiger partial charge in [-0.15, -0.1) is 0 Å². The molecule has 3 aliphatic carbocycles. The molecule has 106 valence electrons. The van der Waals surface area contributed by atoms with Crippen LogP contribution in [0.5, 0.6) is 0 Å². The second kappa shape index (κ2) is 8.15. The first kappa shape index (κ1) is 16.8. The van der Waals surface area contributed by atoms with Gasteiger partial charge in [-0.3, -0.25) is 4.79 Å². The van der Waals surface area contributed by atoms with Gasteiger partial charge in [0.2, 0.25) is 0 Å². The zero-order valence-corrected chi connectivity index (χ0v) is 12.7. The molecule has 0 spiro atoms. The fourth-order valence-corrected chi connectivity index (χ4v) is 2.70. The van der Waals surface area contributed by atoms with Crippen LogP contribution in [0.1, 0.15) is 28.3 Å². The van der Waals surface area contributed by atoms with Crippen molar-refractivity contribution < 1.29 is 21.9 Å². The average Bonchev–Trinajstić information content (AvgIpc) is 3.23. The van der Waals surface area contributed by atoms with Crippen molar-refractivity contribution in [3.8, 4) is 0 Å². The van der Waals surface area contributed by atoms with E-state index in [-0.39, 0.29) is 28.8 Å². The molecule has 1 atom stereocenters. The van der Waals surface area contributed by atoms with E-state index < -0.39 is 0 Å². The Morgan fingerprint density at radius 1 is 0.810 bits per heavy atom. The van der Waals surface area contributed by atoms with Crippen molar-refractivity contribution in [2.75, 3.05) is 0 Å². The monoisotopic (exact) mass is 316 g/mol. The molecule has 0 saturated heterocycles. The molecule has 2 saturated carbocycles. The number of fused-ring (bicyclic) bond motifs is 1. The van der Waals surface area contributed by atoms with Crippen molar-refractivity contribution in [3.05, 3.63) is 99.1 Å². The Kier molecular flexibility index (Phi) is 6.51. The fourth-order valence-electron chi connectivity index (χ4n) is 2.70. The molecule has 0 N–H and O–H groups in total. The van der Waals surface area contributed by atoms with Crippen LogP contribution in [0.2, 0.25) is 0 Å². The van der Waals surface area contributed by atoms with E-state index in [9.17, 15) is 4.79 Å². The summed E-state index contributed by atoms with van der Waals surface area (Å²) in [6, 6.07) is 7.94. The molecule has 4 rings (SSSR count). The van der Waals surface area contributed by atoms with Crippen molar-refractivity contribution in [1.82, 2.24) is 0 Å². The van der Waals surface area contributed by atoms with Crippen LogP contribution in [-0.4, -0.2) is 5.78 Å². The van der Waals surface area contributed by atoms with E-state index in [1.54, 1.807) is 0 Å². The minimum atomic E-state index is 0. The Balaban J connectivity index is 0.000000231. The molecule has 0 heterocycles. The summed E-state index contributed by atoms with van der Waals surface area (Å²) in [7, 11) is 0. The zero-order valence-electron chi connectivity index (χ0n) is 11.6. The molecule has 1 aromatic rings. The first-order valence-corrected chi connectivity index (χ1v) is 6.86. The molecule has 2 heteroatoms. The topological polar surface area (TPSA) is 17.1 Å². The van der Waals surface area contributed by atoms with Crippen molar-refractivity contribution >= 4 is 5.78 Å². The first-order chi connectivity index (χ1) is 9.86. The van der Waals surface area contributed by atoms with Gasteiger partial charge in [-0.2, -0.15) is 0 Å². The number of carbonyl (C=O) groups excluding carboxylic acids is 1. The third-order valence-corrected chi connectivity index (χ3v) is 3.67. The normalized spacial score (nSPS) is 24.2. The summed E-state index contributed by atoms with van der Waals surface area (Å²) in [5.74, 6) is 1.81. The third-order valence-electron chi connectivity index (χ3n) is 3.67. The molecule has 0 bridgehead atoms. The maximum Gasteiger partial charge on any atom is 0.163 e. The number of ketones is 1. The number of hydrogen-bond acceptors (Lipinski definition) is 1. The molecular weight excluding hydrogens is 300 g/mol. The average molecular weight is 316 g/mol. The van der Waals surface area contributed by atoms with Crippen molar-refractivity contribution in [2.45, 2.75) is 12.3 Å². The molecule has 0 amide bonds. The number of Topliss-reactive ketones (excluding diaryl/α,β-unsaturated/α-hetero) is 1. The molecule has 10 radical (unpaired) electrons. The Labute approximate surface area is 139 Å². The van der Waals surface area contributed by atoms with Crippen LogP contribution in [0.15, 0.2) is 24.3 Å². The van der Waals surface area contributed by atoms with E-state index in [1.807, 2.05) is 63.1 Å². The van der Waals surface area contributed by atoms with Gasteiger partial charge in [-0.05, 0) is 75.2 Å². The summed E-state index contributed by atoms with van der Waals surface area (Å²) in [5.41, 5.74) is 2.09. The Morgan fingerprint density at radius 2 is 1.38 bits per heavy atom. The molecule has 1 nitrogen and oxygen atoms in total. The van der Waals surface area contributed by atoms with Gasteiger partial charge in [-0.1, -0.05) is 24.3 Å². The summed E-state index contributed by atoms with van der Waals surface area (Å²) in [5, 5.41) is 0. The molecule has 0 unspecified atom stereocenters. The number of hydrogen-bond donors (Lipinski definition) is 0. The van der Waals surface area contributed by atoms with Crippen LogP contribution in [0, 0.1) is 63.7 Å². The van der Waals surface area contributed by atoms with Gasteiger partial charge in [-0.25, -0.2) is 0 Å². The summed E-state index contributed by atoms with van der Waals surface area (Å²) in [6.07, 6.45) is 18.9. The Morgan fingerprint density at radius 3 is 2.00 bits per heavy atom. The van der Waals surface area contributed by atoms with E-state index in [0.29, 0.717) is 6.42 Å². The predicted molar refractivity (Wildman–Crippen MR) is 80.1 cm³/mol. The summed E-state index contributed by atoms with van der Waals surface area (Å²) in [6.45, 7) is 0. The maximum atomic E-state index is 11.8. The van der Waals surface area contributed by atoms with E-state index >= 15 is 0 Å². The molecule has 1 aromatic carbocycles. The third kappa shape index (κ3) is 3.99. The SMILES string of the molecule is O=C1C[C@@H]([C]2[CH][CH][CH][CH]2)c2ccccc21.[CH]1[CH][CH][CH][CH]1.[Fe]. The van der Waals surface area contributed by atoms with Gasteiger partial charge < -0.3 is 0 Å². The molecule has 2 fully saturated rings. The summed E-state index contributed by atoms with van der Waals surface area (Å²) >= 11 is 0. The van der Waals surface area contributed by atoms with Crippen LogP contribution in [0.25, 0.3) is 0 Å². The minimum absolute atomic E-state index is 0. The van der Waals surface area contributed by atoms with Gasteiger partial charge in [0, 0.05) is 29.1 Å². The van der Waals surface area contributed by atoms with E-state index in [0.717, 1.165) is 5.56 Å². The fraction of sp³-hybridized carbons (Fsp3) is 0.105. The summed E-state index contributed by atoms with van der Waals surface area (Å²) in [4.78, 5) is 11.8. The van der Waals surface area contributed by atoms with Crippen LogP contribution < -0.4 is 0 Å². The minimum Gasteiger partial charge on any atom is -0.294 e. The Bertz CT molecular complexity index is 451. The summed E-state index contributed by atoms with van der Waals surface area (Å²) < 4.78 is 0. The van der Waals surface area contributed by atoms with Gasteiger partial charge in [0.1, 0.15) is 0 Å². The molecule has 3 aliphatic rings. The van der Waals surface area contributed by atoms with E-state index in [2.05, 4.69) is 18.9 Å². The van der Waals surface area contributed by atoms with E-state index in [1.165, 1.54) is 11.5 Å². The van der Waals surface area contributed by atoms with Gasteiger partial charge in [0.15, 0.2) is 5.78 Å². The van der Waals surface area contributed by atoms with Crippen LogP contribution in [0.3, 0.4) is 0 Å². The number of benzene rings is 1. The van der Waals surface area contributed by atoms with Crippen molar-refractivity contribution in [3.63, 3.8) is 0 Å². The molecule has 21 heavy (non-hydrogen) atoms. The standard InChI is InChI=1S/C14H11O.C5H5.Fe/c15-14-9-13(10-5-1-2-6-10)11-7-3-4-8-12(11)14;1-2-4-5-3-1;/h1-8,13H,9H2;1-5H;/t13-;;/m0../s1. The molecule has 0 aliphatic heterocycles. The molecular formula is C19H16FeO. The van der Waals surface area contributed by atoms with Crippen LogP contribution in [0.4, 0.5) is 0 Å². The predicted octanol–water partition coefficient (Wildman–Crippen LogP) is 3.78. The van der Waals surface area contributed by atoms with Gasteiger partial charge in [0.25, 0.3) is 0 Å². The second-order valence-corrected chi connectivity index (χ2v) is 4.95. The van der Waals surface area contributed by atoms with Crippen LogP contribution >= 0.6 is 0 Å². The zero-order chi connectivity index (χ0) is 13.8. The smallest absolute Gasteiger partial charge is 0.163 e. The van der Waals surface area contributed by atoms with E-state index in [4.69, 9.17) is 0 Å². The van der Waals surface area contributed by atoms with Crippen molar-refractivity contribution in [2.24, 2.45) is 0 Å². The Hall–Kier alpha value is -0.591. The van der Waals surface area contributed by atoms with Crippen molar-refractivity contribution in [1.29, 1.82) is 0 Å². The second-order valence-electron chi connectivity index (χ2n) is 4.95. The largest absolute Gasteiger partial charge is 0.294 e. The molecule has 0 aromatic heterocycles. The number of rotatable bonds is 1. The quantitative estimate of drug-likeness (QED) is 0.721. The van der Waals surface area contributed by atoms with Gasteiger partial charge >= 0.3 is 0 Å². The first-order valence-electron chi connectivity index (χ1n) is 6.86. The van der Waals surface area contributed by atoms with Crippen LogP contribution in [-0.2, 0) is 17.1 Å². The number of carbonyl (C=O) groups is 1.